The number of aryl methyl sites for hydroxylation is 1. The van der Waals surface area contributed by atoms with E-state index in [0.29, 0.717) is 0 Å². The molecule has 1 N–H and O–H groups in total. The van der Waals surface area contributed by atoms with Crippen LogP contribution >= 0.6 is 0 Å². The van der Waals surface area contributed by atoms with Crippen molar-refractivity contribution in [2.75, 3.05) is 0 Å². The summed E-state index contributed by atoms with van der Waals surface area (Å²) in [5, 5.41) is 13.9. The summed E-state index contributed by atoms with van der Waals surface area (Å²) in [5.41, 5.74) is 0.947. The fourth-order valence-corrected chi connectivity index (χ4v) is 1.48. The van der Waals surface area contributed by atoms with Crippen molar-refractivity contribution in [3.63, 3.8) is 0 Å². The first-order valence-corrected chi connectivity index (χ1v) is 5.48. The van der Waals surface area contributed by atoms with Crippen molar-refractivity contribution < 1.29 is 5.11 Å². The van der Waals surface area contributed by atoms with Gasteiger partial charge in [0.1, 0.15) is 0 Å². The van der Waals surface area contributed by atoms with Gasteiger partial charge >= 0.3 is 0 Å². The van der Waals surface area contributed by atoms with Crippen molar-refractivity contribution >= 4 is 0 Å². The molecular formula is C11H20N2O. The Morgan fingerprint density at radius 1 is 1.43 bits per heavy atom. The normalized spacial score (nSPS) is 13.1. The molecule has 1 unspecified atom stereocenters. The largest absolute Gasteiger partial charge is 0.388 e. The molecule has 1 heterocycles. The molecule has 0 fully saturated rings. The monoisotopic (exact) mass is 196 g/mol. The molecule has 3 heteroatoms. The number of hydrogen-bond acceptors (Lipinski definition) is 2. The van der Waals surface area contributed by atoms with Gasteiger partial charge in [0.25, 0.3) is 0 Å². The minimum Gasteiger partial charge on any atom is -0.388 e. The molecule has 0 saturated heterocycles. The Morgan fingerprint density at radius 2 is 2.21 bits per heavy atom. The highest BCUT2D eigenvalue weighted by molar-refractivity contribution is 5.07. The molecule has 0 amide bonds. The molecule has 1 aromatic heterocycles. The fourth-order valence-electron chi connectivity index (χ4n) is 1.48. The molecule has 0 aromatic carbocycles. The van der Waals surface area contributed by atoms with Gasteiger partial charge in [-0.2, -0.15) is 5.10 Å². The van der Waals surface area contributed by atoms with Gasteiger partial charge < -0.3 is 5.11 Å². The van der Waals surface area contributed by atoms with Crippen molar-refractivity contribution in [2.45, 2.75) is 52.2 Å². The Kier molecular flexibility index (Phi) is 4.66. The molecular weight excluding hydrogens is 176 g/mol. The SMILES string of the molecule is CCCCCC(O)c1cnn(CC)c1. The van der Waals surface area contributed by atoms with Gasteiger partial charge in [0.15, 0.2) is 0 Å². The van der Waals surface area contributed by atoms with E-state index in [1.807, 2.05) is 17.8 Å². The smallest absolute Gasteiger partial charge is 0.0820 e. The standard InChI is InChI=1S/C11H20N2O/c1-3-5-6-7-11(14)10-8-12-13(4-2)9-10/h8-9,11,14H,3-7H2,1-2H3. The molecule has 0 bridgehead atoms. The van der Waals surface area contributed by atoms with Crippen molar-refractivity contribution in [1.29, 1.82) is 0 Å². The molecule has 1 rings (SSSR count). The number of aromatic nitrogens is 2. The summed E-state index contributed by atoms with van der Waals surface area (Å²) in [6.07, 6.45) is 7.69. The Hall–Kier alpha value is -0.830. The fraction of sp³-hybridized carbons (Fsp3) is 0.727. The molecule has 3 nitrogen and oxygen atoms in total. The average molecular weight is 196 g/mol. The molecule has 1 aromatic rings. The van der Waals surface area contributed by atoms with E-state index in [1.54, 1.807) is 6.20 Å². The maximum absolute atomic E-state index is 9.80. The summed E-state index contributed by atoms with van der Waals surface area (Å²) >= 11 is 0. The topological polar surface area (TPSA) is 38.1 Å². The van der Waals surface area contributed by atoms with Crippen LogP contribution in [0.3, 0.4) is 0 Å². The zero-order valence-electron chi connectivity index (χ0n) is 9.11. The molecule has 80 valence electrons. The molecule has 0 aliphatic carbocycles. The zero-order valence-corrected chi connectivity index (χ0v) is 9.11. The van der Waals surface area contributed by atoms with Crippen LogP contribution in [0.25, 0.3) is 0 Å². The predicted molar refractivity (Wildman–Crippen MR) is 57.0 cm³/mol. The summed E-state index contributed by atoms with van der Waals surface area (Å²) in [4.78, 5) is 0. The van der Waals surface area contributed by atoms with Gasteiger partial charge in [-0.05, 0) is 13.3 Å². The van der Waals surface area contributed by atoms with Gasteiger partial charge in [-0.1, -0.05) is 26.2 Å². The number of aliphatic hydroxyl groups excluding tert-OH is 1. The van der Waals surface area contributed by atoms with Gasteiger partial charge in [-0.15, -0.1) is 0 Å². The minimum absolute atomic E-state index is 0.332. The third-order valence-electron chi connectivity index (χ3n) is 2.44. The summed E-state index contributed by atoms with van der Waals surface area (Å²) in [6.45, 7) is 5.07. The van der Waals surface area contributed by atoms with Crippen LogP contribution in [0.15, 0.2) is 12.4 Å². The van der Waals surface area contributed by atoms with E-state index in [0.717, 1.165) is 24.9 Å². The maximum atomic E-state index is 9.80. The molecule has 1 atom stereocenters. The van der Waals surface area contributed by atoms with Gasteiger partial charge in [0, 0.05) is 18.3 Å². The summed E-state index contributed by atoms with van der Waals surface area (Å²) in [5.74, 6) is 0. The second kappa shape index (κ2) is 5.81. The van der Waals surface area contributed by atoms with Crippen LogP contribution in [-0.4, -0.2) is 14.9 Å². The van der Waals surface area contributed by atoms with E-state index in [4.69, 9.17) is 0 Å². The number of hydrogen-bond donors (Lipinski definition) is 1. The third kappa shape index (κ3) is 3.14. The maximum Gasteiger partial charge on any atom is 0.0820 e. The summed E-state index contributed by atoms with van der Waals surface area (Å²) in [7, 11) is 0. The molecule has 14 heavy (non-hydrogen) atoms. The Balaban J connectivity index is 2.39. The van der Waals surface area contributed by atoms with Crippen molar-refractivity contribution in [2.24, 2.45) is 0 Å². The van der Waals surface area contributed by atoms with Crippen LogP contribution in [0.2, 0.25) is 0 Å². The van der Waals surface area contributed by atoms with Crippen LogP contribution in [0.5, 0.6) is 0 Å². The molecule has 0 spiro atoms. The molecule has 0 aliphatic rings. The lowest BCUT2D eigenvalue weighted by Crippen LogP contribution is -1.96. The second-order valence-corrected chi connectivity index (χ2v) is 3.64. The highest BCUT2D eigenvalue weighted by Gasteiger charge is 2.08. The van der Waals surface area contributed by atoms with Crippen LogP contribution in [0.4, 0.5) is 0 Å². The quantitative estimate of drug-likeness (QED) is 0.710. The van der Waals surface area contributed by atoms with Crippen molar-refractivity contribution in [1.82, 2.24) is 9.78 Å². The number of unbranched alkanes of at least 4 members (excludes halogenated alkanes) is 2. The predicted octanol–water partition coefficient (Wildman–Crippen LogP) is 2.52. The minimum atomic E-state index is -0.332. The summed E-state index contributed by atoms with van der Waals surface area (Å²) < 4.78 is 1.85. The molecule has 0 saturated carbocycles. The van der Waals surface area contributed by atoms with E-state index >= 15 is 0 Å². The number of rotatable bonds is 6. The van der Waals surface area contributed by atoms with E-state index < -0.39 is 0 Å². The third-order valence-corrected chi connectivity index (χ3v) is 2.44. The first-order valence-electron chi connectivity index (χ1n) is 5.48. The van der Waals surface area contributed by atoms with Crippen LogP contribution in [0, 0.1) is 0 Å². The van der Waals surface area contributed by atoms with Gasteiger partial charge in [-0.25, -0.2) is 0 Å². The molecule has 0 radical (unpaired) electrons. The van der Waals surface area contributed by atoms with Crippen molar-refractivity contribution in [3.8, 4) is 0 Å². The molecule has 0 aliphatic heterocycles. The Labute approximate surface area is 85.8 Å². The van der Waals surface area contributed by atoms with E-state index in [-0.39, 0.29) is 6.10 Å². The summed E-state index contributed by atoms with van der Waals surface area (Å²) in [6, 6.07) is 0. The van der Waals surface area contributed by atoms with Crippen LogP contribution in [0.1, 0.15) is 51.2 Å². The second-order valence-electron chi connectivity index (χ2n) is 3.64. The lowest BCUT2D eigenvalue weighted by atomic mass is 10.1. The Bertz CT molecular complexity index is 258. The lowest BCUT2D eigenvalue weighted by molar-refractivity contribution is 0.163. The van der Waals surface area contributed by atoms with Crippen molar-refractivity contribution in [3.05, 3.63) is 18.0 Å². The van der Waals surface area contributed by atoms with E-state index in [9.17, 15) is 5.11 Å². The average Bonchev–Trinajstić information content (AvgIpc) is 2.66. The zero-order chi connectivity index (χ0) is 10.4. The van der Waals surface area contributed by atoms with Crippen LogP contribution < -0.4 is 0 Å². The number of nitrogens with zero attached hydrogens (tertiary/aromatic N) is 2. The Morgan fingerprint density at radius 3 is 2.79 bits per heavy atom. The number of aliphatic hydroxyl groups is 1. The van der Waals surface area contributed by atoms with E-state index in [1.165, 1.54) is 12.8 Å². The van der Waals surface area contributed by atoms with Gasteiger partial charge in [0.05, 0.1) is 12.3 Å². The van der Waals surface area contributed by atoms with Gasteiger partial charge in [-0.3, -0.25) is 4.68 Å². The highest BCUT2D eigenvalue weighted by Crippen LogP contribution is 2.18. The first kappa shape index (κ1) is 11.2. The van der Waals surface area contributed by atoms with Crippen LogP contribution in [-0.2, 0) is 6.54 Å². The lowest BCUT2D eigenvalue weighted by Gasteiger charge is -2.06. The highest BCUT2D eigenvalue weighted by atomic mass is 16.3. The van der Waals surface area contributed by atoms with E-state index in [2.05, 4.69) is 12.0 Å². The van der Waals surface area contributed by atoms with Gasteiger partial charge in [0.2, 0.25) is 0 Å². The first-order chi connectivity index (χ1) is 6.77.